The van der Waals surface area contributed by atoms with Crippen molar-refractivity contribution in [3.8, 4) is 23.0 Å². The second-order valence-electron chi connectivity index (χ2n) is 13.2. The van der Waals surface area contributed by atoms with Gasteiger partial charge in [0, 0.05) is 44.1 Å². The van der Waals surface area contributed by atoms with E-state index in [-0.39, 0.29) is 66.4 Å². The number of halogens is 6. The van der Waals surface area contributed by atoms with Crippen LogP contribution >= 0.6 is 0 Å². The highest BCUT2D eigenvalue weighted by Crippen LogP contribution is 2.49. The van der Waals surface area contributed by atoms with Gasteiger partial charge in [-0.15, -0.1) is 0 Å². The number of aromatic nitrogens is 3. The highest BCUT2D eigenvalue weighted by atomic mass is 19.4. The van der Waals surface area contributed by atoms with Crippen LogP contribution in [0, 0.1) is 18.6 Å². The van der Waals surface area contributed by atoms with Crippen LogP contribution in [0.15, 0.2) is 6.07 Å². The molecule has 0 spiro atoms. The number of rotatable bonds is 4. The van der Waals surface area contributed by atoms with Crippen LogP contribution in [0.4, 0.5) is 38.0 Å². The first kappa shape index (κ1) is 29.8. The molecule has 2 aromatic heterocycles. The number of nitrogen functional groups attached to an aromatic ring is 1. The summed E-state index contributed by atoms with van der Waals surface area (Å²) in [4.78, 5) is 16.9. The van der Waals surface area contributed by atoms with Gasteiger partial charge in [-0.25, -0.2) is 18.2 Å². The lowest BCUT2D eigenvalue weighted by Gasteiger charge is -2.43. The Morgan fingerprint density at radius 3 is 2.76 bits per heavy atom. The molecular weight excluding hydrogens is 616 g/mol. The summed E-state index contributed by atoms with van der Waals surface area (Å²) in [6.07, 6.45) is -1.88. The van der Waals surface area contributed by atoms with Crippen molar-refractivity contribution in [2.75, 3.05) is 43.5 Å². The monoisotopic (exact) mass is 649 g/mol. The number of piperazine rings is 1. The Hall–Kier alpha value is -3.59. The van der Waals surface area contributed by atoms with E-state index in [1.54, 1.807) is 0 Å². The first-order valence-corrected chi connectivity index (χ1v) is 15.7. The number of pyridine rings is 1. The molecule has 4 fully saturated rings. The lowest BCUT2D eigenvalue weighted by atomic mass is 9.95. The summed E-state index contributed by atoms with van der Waals surface area (Å²) in [5, 5.41) is 3.51. The molecule has 3 aromatic rings. The van der Waals surface area contributed by atoms with Crippen LogP contribution in [-0.4, -0.2) is 82.5 Å². The Bertz CT molecular complexity index is 1740. The topological polar surface area (TPSA) is 102 Å². The van der Waals surface area contributed by atoms with Gasteiger partial charge in [0.25, 0.3) is 0 Å². The summed E-state index contributed by atoms with van der Waals surface area (Å²) in [6, 6.07) is 0.858. The van der Waals surface area contributed by atoms with Crippen LogP contribution in [0.1, 0.15) is 49.7 Å². The molecule has 4 saturated heterocycles. The van der Waals surface area contributed by atoms with E-state index in [1.165, 1.54) is 0 Å². The molecular formula is C31H33F6N7O2. The van der Waals surface area contributed by atoms with Gasteiger partial charge in [0.15, 0.2) is 17.4 Å². The first-order valence-electron chi connectivity index (χ1n) is 15.7. The number of fused-ring (bicyclic) bond motifs is 6. The summed E-state index contributed by atoms with van der Waals surface area (Å²) < 4.78 is 103. The average molecular weight is 650 g/mol. The highest BCUT2D eigenvalue weighted by molar-refractivity contribution is 5.99. The minimum atomic E-state index is -5.00. The standard InChI is InChI=1S/C31H33F6N7O2/c1-14-9-19(38)40-25(22(14)31(35,36)37)20-23(33)26-21-27(24(20)34)45-8-5-18-17-4-3-16(39-17)12-44(18)28(21)42-29(41-26)46-13-30-6-2-7-43(30)11-15(32)10-30/h9,15-18,39H,2-8,10-13H2,1H3,(H2,38,40)/t15-,16?,17?,18?,30-/m1/s1. The Labute approximate surface area is 260 Å². The smallest absolute Gasteiger partial charge is 0.418 e. The fourth-order valence-electron chi connectivity index (χ4n) is 8.50. The molecule has 15 heteroatoms. The van der Waals surface area contributed by atoms with Crippen molar-refractivity contribution in [1.29, 1.82) is 0 Å². The van der Waals surface area contributed by atoms with Crippen molar-refractivity contribution in [1.82, 2.24) is 25.2 Å². The molecule has 3 N–H and O–H groups in total. The molecule has 8 rings (SSSR count). The number of nitrogens with one attached hydrogen (secondary N) is 1. The van der Waals surface area contributed by atoms with Gasteiger partial charge >= 0.3 is 12.2 Å². The van der Waals surface area contributed by atoms with Crippen molar-refractivity contribution in [2.24, 2.45) is 0 Å². The van der Waals surface area contributed by atoms with Crippen LogP contribution in [0.3, 0.4) is 0 Å². The van der Waals surface area contributed by atoms with Crippen molar-refractivity contribution in [3.05, 3.63) is 28.8 Å². The first-order chi connectivity index (χ1) is 21.9. The van der Waals surface area contributed by atoms with E-state index < -0.39 is 57.6 Å². The fourth-order valence-corrected chi connectivity index (χ4v) is 8.50. The molecule has 5 aliphatic rings. The van der Waals surface area contributed by atoms with Gasteiger partial charge in [-0.3, -0.25) is 4.90 Å². The molecule has 5 atom stereocenters. The van der Waals surface area contributed by atoms with Gasteiger partial charge in [-0.1, -0.05) is 0 Å². The Morgan fingerprint density at radius 2 is 1.96 bits per heavy atom. The summed E-state index contributed by atoms with van der Waals surface area (Å²) in [7, 11) is 0. The maximum Gasteiger partial charge on any atom is 0.418 e. The van der Waals surface area contributed by atoms with Gasteiger partial charge in [0.05, 0.1) is 34.4 Å². The number of anilines is 2. The number of alkyl halides is 4. The zero-order valence-electron chi connectivity index (χ0n) is 25.1. The van der Waals surface area contributed by atoms with Gasteiger partial charge < -0.3 is 25.4 Å². The second kappa shape index (κ2) is 10.5. The molecule has 46 heavy (non-hydrogen) atoms. The highest BCUT2D eigenvalue weighted by Gasteiger charge is 2.50. The summed E-state index contributed by atoms with van der Waals surface area (Å²) in [5.41, 5.74) is 1.09. The van der Waals surface area contributed by atoms with Crippen molar-refractivity contribution >= 4 is 22.5 Å². The van der Waals surface area contributed by atoms with Crippen LogP contribution in [0.2, 0.25) is 0 Å². The summed E-state index contributed by atoms with van der Waals surface area (Å²) >= 11 is 0. The summed E-state index contributed by atoms with van der Waals surface area (Å²) in [5.74, 6) is -3.31. The lowest BCUT2D eigenvalue weighted by Crippen LogP contribution is -2.59. The third-order valence-electron chi connectivity index (χ3n) is 10.4. The van der Waals surface area contributed by atoms with E-state index in [0.29, 0.717) is 25.9 Å². The molecule has 2 bridgehead atoms. The summed E-state index contributed by atoms with van der Waals surface area (Å²) in [6.45, 7) is 2.74. The Kier molecular flexibility index (Phi) is 6.77. The van der Waals surface area contributed by atoms with Gasteiger partial charge in [-0.05, 0) is 50.8 Å². The Morgan fingerprint density at radius 1 is 1.13 bits per heavy atom. The van der Waals surface area contributed by atoms with E-state index in [9.17, 15) is 17.6 Å². The molecule has 0 saturated carbocycles. The number of ether oxygens (including phenoxy) is 2. The van der Waals surface area contributed by atoms with Gasteiger partial charge in [-0.2, -0.15) is 23.1 Å². The molecule has 3 unspecified atom stereocenters. The van der Waals surface area contributed by atoms with Crippen LogP contribution in [0.25, 0.3) is 22.2 Å². The SMILES string of the molecule is Cc1cc(N)nc(-c2c(F)c3c4c(nc(OC[C@]56CCCN5C[C@H](F)C6)nc4c2F)N2CC4CCC(N4)C2CCO3)c1C(F)(F)F. The normalized spacial score (nSPS) is 29.0. The third-order valence-corrected chi connectivity index (χ3v) is 10.4. The van der Waals surface area contributed by atoms with Crippen molar-refractivity contribution in [3.63, 3.8) is 0 Å². The van der Waals surface area contributed by atoms with Gasteiger partial charge in [0.2, 0.25) is 0 Å². The van der Waals surface area contributed by atoms with E-state index in [4.69, 9.17) is 20.2 Å². The number of nitrogens with two attached hydrogens (primary N) is 1. The minimum absolute atomic E-state index is 0.0249. The van der Waals surface area contributed by atoms with E-state index >= 15 is 8.78 Å². The average Bonchev–Trinajstić information content (AvgIpc) is 3.64. The zero-order chi connectivity index (χ0) is 32.1. The largest absolute Gasteiger partial charge is 0.490 e. The van der Waals surface area contributed by atoms with E-state index in [1.807, 2.05) is 4.90 Å². The second-order valence-corrected chi connectivity index (χ2v) is 13.2. The quantitative estimate of drug-likeness (QED) is 0.382. The molecule has 1 aromatic carbocycles. The molecule has 0 radical (unpaired) electrons. The molecule has 246 valence electrons. The predicted molar refractivity (Wildman–Crippen MR) is 157 cm³/mol. The number of aryl methyl sites for hydroxylation is 1. The predicted octanol–water partition coefficient (Wildman–Crippen LogP) is 4.93. The number of nitrogens with zero attached hydrogens (tertiary/aromatic N) is 5. The molecule has 9 nitrogen and oxygen atoms in total. The van der Waals surface area contributed by atoms with Crippen molar-refractivity contribution in [2.45, 2.75) is 81.5 Å². The number of hydrogen-bond donors (Lipinski definition) is 2. The Balaban J connectivity index is 1.35. The van der Waals surface area contributed by atoms with Crippen LogP contribution < -0.4 is 25.4 Å². The molecule has 0 aliphatic carbocycles. The maximum atomic E-state index is 16.8. The van der Waals surface area contributed by atoms with Gasteiger partial charge in [0.1, 0.15) is 29.9 Å². The zero-order valence-corrected chi connectivity index (χ0v) is 25.1. The van der Waals surface area contributed by atoms with E-state index in [2.05, 4.69) is 20.2 Å². The lowest BCUT2D eigenvalue weighted by molar-refractivity contribution is -0.137. The third kappa shape index (κ3) is 4.55. The van der Waals surface area contributed by atoms with Crippen molar-refractivity contribution < 1.29 is 35.8 Å². The van der Waals surface area contributed by atoms with Crippen LogP contribution in [-0.2, 0) is 6.18 Å². The molecule has 7 heterocycles. The minimum Gasteiger partial charge on any atom is -0.490 e. The van der Waals surface area contributed by atoms with Crippen LogP contribution in [0.5, 0.6) is 11.8 Å². The molecule has 0 amide bonds. The maximum absolute atomic E-state index is 16.8. The molecule has 5 aliphatic heterocycles. The number of benzene rings is 1. The fraction of sp³-hybridized carbons (Fsp3) is 0.581. The van der Waals surface area contributed by atoms with E-state index in [0.717, 1.165) is 38.8 Å². The number of hydrogen-bond acceptors (Lipinski definition) is 9.